The van der Waals surface area contributed by atoms with Gasteiger partial charge in [0.25, 0.3) is 0 Å². The minimum atomic E-state index is -3.78. The van der Waals surface area contributed by atoms with Crippen LogP contribution < -0.4 is 10.0 Å². The summed E-state index contributed by atoms with van der Waals surface area (Å²) in [7, 11) is -3.78. The Balaban J connectivity index is 2.00. The number of benzene rings is 1. The molecule has 0 aliphatic rings. The molecule has 22 heavy (non-hydrogen) atoms. The molecule has 0 saturated carbocycles. The molecule has 0 radical (unpaired) electrons. The number of anilines is 1. The van der Waals surface area contributed by atoms with Crippen molar-refractivity contribution in [3.8, 4) is 0 Å². The highest BCUT2D eigenvalue weighted by atomic mass is 79.9. The number of amides is 1. The molecule has 0 fully saturated rings. The standard InChI is InChI=1S/C13H15BrN4O3S/c1-8-13(9(2)18-17-8)22(20,21)15-7-12(19)16-11-5-3-10(14)4-6-11/h3-6,15H,7H2,1-2H3,(H,16,19)(H,17,18). The third-order valence-corrected chi connectivity index (χ3v) is 5.07. The van der Waals surface area contributed by atoms with E-state index in [0.717, 1.165) is 4.47 Å². The molecule has 0 atom stereocenters. The number of aromatic nitrogens is 2. The van der Waals surface area contributed by atoms with Gasteiger partial charge in [-0.2, -0.15) is 5.10 Å². The minimum Gasteiger partial charge on any atom is -0.325 e. The Bertz CT molecular complexity index is 765. The summed E-state index contributed by atoms with van der Waals surface area (Å²) in [5.74, 6) is -0.454. The first-order valence-electron chi connectivity index (χ1n) is 6.36. The number of hydrogen-bond acceptors (Lipinski definition) is 4. The first-order valence-corrected chi connectivity index (χ1v) is 8.64. The molecule has 9 heteroatoms. The first-order chi connectivity index (χ1) is 10.3. The summed E-state index contributed by atoms with van der Waals surface area (Å²) in [6, 6.07) is 6.97. The van der Waals surface area contributed by atoms with E-state index in [1.54, 1.807) is 38.1 Å². The van der Waals surface area contributed by atoms with E-state index in [0.29, 0.717) is 17.1 Å². The van der Waals surface area contributed by atoms with Crippen LogP contribution in [0.15, 0.2) is 33.6 Å². The van der Waals surface area contributed by atoms with E-state index in [4.69, 9.17) is 0 Å². The summed E-state index contributed by atoms with van der Waals surface area (Å²) in [6.45, 7) is 2.83. The van der Waals surface area contributed by atoms with Gasteiger partial charge in [-0.25, -0.2) is 13.1 Å². The molecule has 7 nitrogen and oxygen atoms in total. The van der Waals surface area contributed by atoms with Gasteiger partial charge in [0.05, 0.1) is 17.9 Å². The van der Waals surface area contributed by atoms with Crippen molar-refractivity contribution >= 4 is 37.5 Å². The molecular formula is C13H15BrN4O3S. The van der Waals surface area contributed by atoms with Gasteiger partial charge in [-0.3, -0.25) is 9.89 Å². The molecule has 118 valence electrons. The maximum atomic E-state index is 12.2. The third kappa shape index (κ3) is 3.93. The molecule has 1 aromatic heterocycles. The molecule has 0 spiro atoms. The zero-order valence-electron chi connectivity index (χ0n) is 12.0. The second-order valence-corrected chi connectivity index (χ2v) is 7.26. The fourth-order valence-corrected chi connectivity index (χ4v) is 3.52. The van der Waals surface area contributed by atoms with Gasteiger partial charge in [-0.15, -0.1) is 0 Å². The molecule has 0 bridgehead atoms. The lowest BCUT2D eigenvalue weighted by Crippen LogP contribution is -2.33. The van der Waals surface area contributed by atoms with Crippen molar-refractivity contribution in [3.05, 3.63) is 40.1 Å². The first kappa shape index (κ1) is 16.7. The van der Waals surface area contributed by atoms with Crippen molar-refractivity contribution in [3.63, 3.8) is 0 Å². The van der Waals surface area contributed by atoms with Crippen LogP contribution in [0, 0.1) is 13.8 Å². The fourth-order valence-electron chi connectivity index (χ4n) is 1.91. The van der Waals surface area contributed by atoms with E-state index in [1.165, 1.54) is 0 Å². The van der Waals surface area contributed by atoms with Crippen LogP contribution in [0.4, 0.5) is 5.69 Å². The molecular weight excluding hydrogens is 372 g/mol. The van der Waals surface area contributed by atoms with E-state index in [9.17, 15) is 13.2 Å². The smallest absolute Gasteiger partial charge is 0.244 e. The largest absolute Gasteiger partial charge is 0.325 e. The van der Waals surface area contributed by atoms with E-state index < -0.39 is 15.9 Å². The van der Waals surface area contributed by atoms with Gasteiger partial charge in [0.2, 0.25) is 15.9 Å². The fraction of sp³-hybridized carbons (Fsp3) is 0.231. The maximum Gasteiger partial charge on any atom is 0.244 e. The van der Waals surface area contributed by atoms with Crippen LogP contribution in [0.2, 0.25) is 0 Å². The van der Waals surface area contributed by atoms with E-state index >= 15 is 0 Å². The number of halogens is 1. The van der Waals surface area contributed by atoms with E-state index in [1.807, 2.05) is 0 Å². The SMILES string of the molecule is Cc1n[nH]c(C)c1S(=O)(=O)NCC(=O)Nc1ccc(Br)cc1. The average molecular weight is 387 g/mol. The number of carbonyl (C=O) groups excluding carboxylic acids is 1. The van der Waals surface area contributed by atoms with Gasteiger partial charge in [-0.1, -0.05) is 15.9 Å². The van der Waals surface area contributed by atoms with Crippen molar-refractivity contribution in [2.75, 3.05) is 11.9 Å². The molecule has 0 aliphatic carbocycles. The van der Waals surface area contributed by atoms with Crippen molar-refractivity contribution in [2.45, 2.75) is 18.7 Å². The second kappa shape index (κ2) is 6.59. The van der Waals surface area contributed by atoms with Crippen molar-refractivity contribution in [1.82, 2.24) is 14.9 Å². The lowest BCUT2D eigenvalue weighted by Gasteiger charge is -2.08. The number of hydrogen-bond donors (Lipinski definition) is 3. The highest BCUT2D eigenvalue weighted by Crippen LogP contribution is 2.16. The van der Waals surface area contributed by atoms with Crippen LogP contribution in [0.5, 0.6) is 0 Å². The van der Waals surface area contributed by atoms with Crippen LogP contribution in [-0.2, 0) is 14.8 Å². The molecule has 1 aromatic carbocycles. The summed E-state index contributed by atoms with van der Waals surface area (Å²) in [4.78, 5) is 11.9. The van der Waals surface area contributed by atoms with Gasteiger partial charge in [-0.05, 0) is 38.1 Å². The molecule has 0 aliphatic heterocycles. The highest BCUT2D eigenvalue weighted by Gasteiger charge is 2.22. The Morgan fingerprint density at radius 2 is 1.91 bits per heavy atom. The lowest BCUT2D eigenvalue weighted by molar-refractivity contribution is -0.115. The monoisotopic (exact) mass is 386 g/mol. The molecule has 1 amide bonds. The molecule has 0 unspecified atom stereocenters. The number of aromatic amines is 1. The van der Waals surface area contributed by atoms with Crippen LogP contribution in [0.1, 0.15) is 11.4 Å². The van der Waals surface area contributed by atoms with Crippen LogP contribution >= 0.6 is 15.9 Å². The van der Waals surface area contributed by atoms with Crippen molar-refractivity contribution < 1.29 is 13.2 Å². The Morgan fingerprint density at radius 1 is 1.27 bits per heavy atom. The highest BCUT2D eigenvalue weighted by molar-refractivity contribution is 9.10. The minimum absolute atomic E-state index is 0.0731. The predicted molar refractivity (Wildman–Crippen MR) is 86.0 cm³/mol. The molecule has 1 heterocycles. The van der Waals surface area contributed by atoms with Gasteiger partial charge >= 0.3 is 0 Å². The van der Waals surface area contributed by atoms with Gasteiger partial charge in [0, 0.05) is 10.2 Å². The Hall–Kier alpha value is -1.71. The third-order valence-electron chi connectivity index (χ3n) is 2.88. The Labute approximate surface area is 136 Å². The lowest BCUT2D eigenvalue weighted by atomic mass is 10.3. The van der Waals surface area contributed by atoms with E-state index in [-0.39, 0.29) is 11.4 Å². The van der Waals surface area contributed by atoms with Crippen molar-refractivity contribution in [1.29, 1.82) is 0 Å². The number of rotatable bonds is 5. The van der Waals surface area contributed by atoms with Gasteiger partial charge in [0.1, 0.15) is 4.90 Å². The average Bonchev–Trinajstić information content (AvgIpc) is 2.79. The van der Waals surface area contributed by atoms with Crippen LogP contribution in [0.25, 0.3) is 0 Å². The van der Waals surface area contributed by atoms with Gasteiger partial charge in [0.15, 0.2) is 0 Å². The number of carbonyl (C=O) groups is 1. The zero-order valence-corrected chi connectivity index (χ0v) is 14.4. The molecule has 2 aromatic rings. The number of aryl methyl sites for hydroxylation is 2. The summed E-state index contributed by atoms with van der Waals surface area (Å²) < 4.78 is 27.5. The molecule has 0 saturated heterocycles. The van der Waals surface area contributed by atoms with Gasteiger partial charge < -0.3 is 5.32 Å². The second-order valence-electron chi connectivity index (χ2n) is 4.64. The quantitative estimate of drug-likeness (QED) is 0.727. The summed E-state index contributed by atoms with van der Waals surface area (Å²) in [5.41, 5.74) is 1.37. The Kier molecular flexibility index (Phi) is 4.99. The molecule has 2 rings (SSSR count). The predicted octanol–water partition coefficient (Wildman–Crippen LogP) is 1.71. The number of nitrogens with one attached hydrogen (secondary N) is 3. The number of sulfonamides is 1. The maximum absolute atomic E-state index is 12.2. The van der Waals surface area contributed by atoms with Crippen molar-refractivity contribution in [2.24, 2.45) is 0 Å². The van der Waals surface area contributed by atoms with Crippen LogP contribution in [0.3, 0.4) is 0 Å². The normalized spacial score (nSPS) is 11.4. The topological polar surface area (TPSA) is 104 Å². The number of H-pyrrole nitrogens is 1. The number of nitrogens with zero attached hydrogens (tertiary/aromatic N) is 1. The Morgan fingerprint density at radius 3 is 2.45 bits per heavy atom. The summed E-state index contributed by atoms with van der Waals surface area (Å²) in [5, 5.41) is 9.04. The van der Waals surface area contributed by atoms with E-state index in [2.05, 4.69) is 36.2 Å². The van der Waals surface area contributed by atoms with Crippen LogP contribution in [-0.4, -0.2) is 31.1 Å². The zero-order chi connectivity index (χ0) is 16.3. The summed E-state index contributed by atoms with van der Waals surface area (Å²) >= 11 is 3.29. The molecule has 3 N–H and O–H groups in total. The summed E-state index contributed by atoms with van der Waals surface area (Å²) in [6.07, 6.45) is 0.